The molecule has 4 aromatic rings. The van der Waals surface area contributed by atoms with Gasteiger partial charge in [0.1, 0.15) is 12.0 Å². The van der Waals surface area contributed by atoms with Crippen LogP contribution in [0.15, 0.2) is 65.4 Å². The van der Waals surface area contributed by atoms with Crippen LogP contribution in [0.5, 0.6) is 17.2 Å². The van der Waals surface area contributed by atoms with Crippen LogP contribution < -0.4 is 19.9 Å². The van der Waals surface area contributed by atoms with Crippen molar-refractivity contribution in [3.63, 3.8) is 0 Å². The molecule has 0 bridgehead atoms. The Bertz CT molecular complexity index is 1520. The van der Waals surface area contributed by atoms with Gasteiger partial charge in [0.2, 0.25) is 5.91 Å². The van der Waals surface area contributed by atoms with Gasteiger partial charge in [-0.3, -0.25) is 4.79 Å². The van der Waals surface area contributed by atoms with Crippen LogP contribution in [0.1, 0.15) is 51.5 Å². The van der Waals surface area contributed by atoms with Gasteiger partial charge < -0.3 is 29.4 Å². The van der Waals surface area contributed by atoms with Crippen molar-refractivity contribution in [1.29, 1.82) is 0 Å². The Morgan fingerprint density at radius 3 is 2.51 bits per heavy atom. The molecule has 3 aromatic carbocycles. The number of amides is 1. The zero-order valence-electron chi connectivity index (χ0n) is 24.1. The van der Waals surface area contributed by atoms with Crippen LogP contribution in [0, 0.1) is 13.8 Å². The number of aromatic nitrogens is 1. The first-order valence-corrected chi connectivity index (χ1v) is 13.9. The van der Waals surface area contributed by atoms with Crippen molar-refractivity contribution in [1.82, 2.24) is 10.1 Å². The first-order chi connectivity index (χ1) is 19.9. The molecule has 0 radical (unpaired) electrons. The topological polar surface area (TPSA) is 100 Å². The van der Waals surface area contributed by atoms with Crippen molar-refractivity contribution in [3.05, 3.63) is 99.9 Å². The predicted octanol–water partition coefficient (Wildman–Crippen LogP) is 5.62. The van der Waals surface area contributed by atoms with Gasteiger partial charge in [0, 0.05) is 31.9 Å². The molecule has 8 heteroatoms. The van der Waals surface area contributed by atoms with Crippen LogP contribution >= 0.6 is 0 Å². The van der Waals surface area contributed by atoms with E-state index in [4.69, 9.17) is 24.5 Å². The number of methoxy groups -OCH3 is 2. The number of fused-ring (bicyclic) bond motifs is 1. The number of benzene rings is 3. The van der Waals surface area contributed by atoms with Crippen molar-refractivity contribution in [2.24, 2.45) is 0 Å². The Morgan fingerprint density at radius 2 is 1.80 bits per heavy atom. The molecule has 0 spiro atoms. The summed E-state index contributed by atoms with van der Waals surface area (Å²) in [7, 11) is 3.26. The van der Waals surface area contributed by atoms with Crippen molar-refractivity contribution in [3.8, 4) is 17.2 Å². The quantitative estimate of drug-likeness (QED) is 0.254. The molecule has 5 rings (SSSR count). The van der Waals surface area contributed by atoms with E-state index in [2.05, 4.69) is 49.3 Å². The van der Waals surface area contributed by atoms with Crippen molar-refractivity contribution >= 4 is 11.6 Å². The maximum absolute atomic E-state index is 13.7. The summed E-state index contributed by atoms with van der Waals surface area (Å²) in [5.74, 6) is 2.07. The molecule has 0 saturated heterocycles. The minimum Gasteiger partial charge on any atom is -0.495 e. The summed E-state index contributed by atoms with van der Waals surface area (Å²) in [6.45, 7) is 5.25. The highest BCUT2D eigenvalue weighted by atomic mass is 16.5. The minimum absolute atomic E-state index is 0.0824. The second-order valence-corrected chi connectivity index (χ2v) is 10.5. The fraction of sp³-hybridized carbons (Fsp3) is 0.333. The number of anilines is 1. The number of ether oxygens (including phenoxy) is 3. The summed E-state index contributed by atoms with van der Waals surface area (Å²) in [4.78, 5) is 15.7. The maximum atomic E-state index is 13.7. The van der Waals surface area contributed by atoms with E-state index < -0.39 is 0 Å². The van der Waals surface area contributed by atoms with Crippen LogP contribution in [0.4, 0.5) is 5.69 Å². The number of aryl methyl sites for hydroxylation is 3. The van der Waals surface area contributed by atoms with E-state index in [1.165, 1.54) is 11.8 Å². The van der Waals surface area contributed by atoms with Crippen LogP contribution in [-0.4, -0.2) is 43.3 Å². The van der Waals surface area contributed by atoms with E-state index in [-0.39, 0.29) is 11.9 Å². The average Bonchev–Trinajstić information content (AvgIpc) is 3.49. The Morgan fingerprint density at radius 1 is 0.976 bits per heavy atom. The fourth-order valence-electron chi connectivity index (χ4n) is 5.60. The molecule has 0 aliphatic carbocycles. The van der Waals surface area contributed by atoms with Gasteiger partial charge in [-0.25, -0.2) is 0 Å². The van der Waals surface area contributed by atoms with Gasteiger partial charge in [0.05, 0.1) is 38.2 Å². The second-order valence-electron chi connectivity index (χ2n) is 10.5. The Balaban J connectivity index is 1.44. The van der Waals surface area contributed by atoms with Gasteiger partial charge in [-0.2, -0.15) is 0 Å². The van der Waals surface area contributed by atoms with Crippen LogP contribution in [0.3, 0.4) is 0 Å². The maximum Gasteiger partial charge on any atom is 0.223 e. The van der Waals surface area contributed by atoms with Gasteiger partial charge in [0.15, 0.2) is 11.5 Å². The molecule has 214 valence electrons. The summed E-state index contributed by atoms with van der Waals surface area (Å²) in [5, 5.41) is 3.98. The number of nitrogens with two attached hydrogens (primary N) is 1. The van der Waals surface area contributed by atoms with Gasteiger partial charge in [-0.15, -0.1) is 0 Å². The van der Waals surface area contributed by atoms with E-state index in [1.807, 2.05) is 23.1 Å². The third-order valence-electron chi connectivity index (χ3n) is 7.72. The molecule has 2 heterocycles. The number of carbonyl (C=O) groups is 1. The van der Waals surface area contributed by atoms with E-state index in [0.29, 0.717) is 55.4 Å². The fourth-order valence-corrected chi connectivity index (χ4v) is 5.60. The molecule has 1 atom stereocenters. The lowest BCUT2D eigenvalue weighted by atomic mass is 9.85. The van der Waals surface area contributed by atoms with Gasteiger partial charge in [-0.05, 0) is 72.4 Å². The number of hydrogen-bond donors (Lipinski definition) is 1. The molecule has 0 saturated carbocycles. The van der Waals surface area contributed by atoms with Gasteiger partial charge >= 0.3 is 0 Å². The number of nitrogen functional groups attached to an aromatic ring is 1. The van der Waals surface area contributed by atoms with E-state index in [9.17, 15) is 4.79 Å². The highest BCUT2D eigenvalue weighted by Gasteiger charge is 2.34. The third kappa shape index (κ3) is 6.16. The lowest BCUT2D eigenvalue weighted by molar-refractivity contribution is -0.133. The molecule has 41 heavy (non-hydrogen) atoms. The highest BCUT2D eigenvalue weighted by molar-refractivity contribution is 5.78. The summed E-state index contributed by atoms with van der Waals surface area (Å²) in [5.41, 5.74) is 14.2. The first kappa shape index (κ1) is 28.1. The monoisotopic (exact) mass is 555 g/mol. The molecule has 1 aliphatic heterocycles. The molecule has 1 aliphatic rings. The lowest BCUT2D eigenvalue weighted by Crippen LogP contribution is -2.41. The Kier molecular flexibility index (Phi) is 8.47. The lowest BCUT2D eigenvalue weighted by Gasteiger charge is -2.39. The smallest absolute Gasteiger partial charge is 0.223 e. The summed E-state index contributed by atoms with van der Waals surface area (Å²) in [6, 6.07) is 17.9. The molecule has 1 amide bonds. The number of nitrogens with zero attached hydrogens (tertiary/aromatic N) is 2. The number of carbonyl (C=O) groups excluding carboxylic acids is 1. The zero-order valence-corrected chi connectivity index (χ0v) is 24.1. The van der Waals surface area contributed by atoms with Crippen LogP contribution in [-0.2, 0) is 24.1 Å². The largest absolute Gasteiger partial charge is 0.495 e. The minimum atomic E-state index is -0.237. The molecule has 0 fully saturated rings. The summed E-state index contributed by atoms with van der Waals surface area (Å²) in [6.07, 6.45) is 3.82. The summed E-state index contributed by atoms with van der Waals surface area (Å²) < 4.78 is 22.3. The van der Waals surface area contributed by atoms with E-state index >= 15 is 0 Å². The van der Waals surface area contributed by atoms with E-state index in [0.717, 1.165) is 39.9 Å². The van der Waals surface area contributed by atoms with Gasteiger partial charge in [-0.1, -0.05) is 35.0 Å². The number of rotatable bonds is 10. The molecular weight excluding hydrogens is 518 g/mol. The standard InChI is InChI=1S/C33H37N3O5/c1-21-5-8-26(22(2)17-21)33-27-20-31(40-15-12-23-6-9-29(38-3)28(34)18-23)30(39-4)19-24(27)11-14-36(33)32(37)10-7-25-13-16-41-35-25/h5-6,8-9,13,16-20,33H,7,10-12,14-15,34H2,1-4H3. The highest BCUT2D eigenvalue weighted by Crippen LogP contribution is 2.42. The Labute approximate surface area is 241 Å². The zero-order chi connectivity index (χ0) is 28.9. The van der Waals surface area contributed by atoms with Crippen molar-refractivity contribution in [2.75, 3.05) is 33.1 Å². The van der Waals surface area contributed by atoms with Crippen molar-refractivity contribution in [2.45, 2.75) is 45.6 Å². The molecule has 8 nitrogen and oxygen atoms in total. The normalized spacial score (nSPS) is 14.4. The van der Waals surface area contributed by atoms with Crippen molar-refractivity contribution < 1.29 is 23.5 Å². The average molecular weight is 556 g/mol. The summed E-state index contributed by atoms with van der Waals surface area (Å²) >= 11 is 0. The van der Waals surface area contributed by atoms with Gasteiger partial charge in [0.25, 0.3) is 0 Å². The van der Waals surface area contributed by atoms with E-state index in [1.54, 1.807) is 20.3 Å². The molecule has 1 unspecified atom stereocenters. The molecule has 2 N–H and O–H groups in total. The third-order valence-corrected chi connectivity index (χ3v) is 7.72. The Hall–Kier alpha value is -4.46. The molecule has 1 aromatic heterocycles. The predicted molar refractivity (Wildman–Crippen MR) is 158 cm³/mol. The SMILES string of the molecule is COc1ccc(CCOc2cc3c(cc2OC)CCN(C(=O)CCc2ccon2)C3c2ccc(C)cc2C)cc1N. The second kappa shape index (κ2) is 12.4. The van der Waals surface area contributed by atoms with Crippen LogP contribution in [0.2, 0.25) is 0 Å². The number of hydrogen-bond acceptors (Lipinski definition) is 7. The molecular formula is C33H37N3O5. The van der Waals surface area contributed by atoms with Crippen LogP contribution in [0.25, 0.3) is 0 Å². The first-order valence-electron chi connectivity index (χ1n) is 13.9.